The van der Waals surface area contributed by atoms with Crippen molar-refractivity contribution >= 4 is 11.5 Å². The van der Waals surface area contributed by atoms with Gasteiger partial charge >= 0.3 is 0 Å². The summed E-state index contributed by atoms with van der Waals surface area (Å²) < 4.78 is 5.63. The Morgan fingerprint density at radius 2 is 1.90 bits per heavy atom. The Morgan fingerprint density at radius 1 is 1.15 bits per heavy atom. The highest BCUT2D eigenvalue weighted by Crippen LogP contribution is 2.28. The number of rotatable bonds is 9. The van der Waals surface area contributed by atoms with Crippen LogP contribution in [0.25, 0.3) is 0 Å². The first-order chi connectivity index (χ1) is 9.60. The molecule has 0 radical (unpaired) electrons. The number of nitrogens with two attached hydrogens (primary N) is 1. The van der Waals surface area contributed by atoms with E-state index in [-0.39, 0.29) is 5.92 Å². The quantitative estimate of drug-likeness (QED) is 0.676. The van der Waals surface area contributed by atoms with Gasteiger partial charge in [0.2, 0.25) is 5.88 Å². The summed E-state index contributed by atoms with van der Waals surface area (Å²) in [6, 6.07) is 0. The Balaban J connectivity index is 2.86. The molecule has 0 aliphatic rings. The largest absolute Gasteiger partial charge is 0.476 e. The van der Waals surface area contributed by atoms with E-state index >= 15 is 0 Å². The Labute approximate surface area is 122 Å². The third kappa shape index (κ3) is 4.87. The van der Waals surface area contributed by atoms with Crippen LogP contribution < -0.4 is 15.8 Å². The second kappa shape index (κ2) is 8.61. The van der Waals surface area contributed by atoms with Gasteiger partial charge in [0.05, 0.1) is 6.61 Å². The van der Waals surface area contributed by atoms with Gasteiger partial charge in [0, 0.05) is 12.5 Å². The summed E-state index contributed by atoms with van der Waals surface area (Å²) in [5.41, 5.74) is 6.61. The molecule has 0 aliphatic heterocycles. The van der Waals surface area contributed by atoms with Crippen molar-refractivity contribution in [3.05, 3.63) is 5.82 Å². The summed E-state index contributed by atoms with van der Waals surface area (Å²) in [5, 5.41) is 3.30. The summed E-state index contributed by atoms with van der Waals surface area (Å²) >= 11 is 0. The number of nitrogens with zero attached hydrogens (tertiary/aromatic N) is 2. The van der Waals surface area contributed by atoms with Crippen LogP contribution in [-0.4, -0.2) is 23.1 Å². The Bertz CT molecular complexity index is 407. The molecule has 0 aliphatic carbocycles. The molecule has 3 N–H and O–H groups in total. The second-order valence-corrected chi connectivity index (χ2v) is 5.29. The van der Waals surface area contributed by atoms with E-state index in [1.807, 2.05) is 0 Å². The lowest BCUT2D eigenvalue weighted by Crippen LogP contribution is -2.12. The number of unbranched alkanes of at least 4 members (excludes halogenated alkanes) is 2. The Morgan fingerprint density at radius 3 is 2.50 bits per heavy atom. The van der Waals surface area contributed by atoms with Crippen molar-refractivity contribution in [1.82, 2.24) is 9.97 Å². The first-order valence-corrected chi connectivity index (χ1v) is 7.64. The van der Waals surface area contributed by atoms with Crippen LogP contribution in [0.15, 0.2) is 0 Å². The maximum Gasteiger partial charge on any atom is 0.242 e. The highest BCUT2D eigenvalue weighted by Gasteiger charge is 2.14. The lowest BCUT2D eigenvalue weighted by Gasteiger charge is -2.15. The van der Waals surface area contributed by atoms with Gasteiger partial charge in [-0.3, -0.25) is 0 Å². The number of anilines is 2. The third-order valence-corrected chi connectivity index (χ3v) is 2.96. The zero-order valence-electron chi connectivity index (χ0n) is 13.2. The van der Waals surface area contributed by atoms with Crippen LogP contribution in [0, 0.1) is 0 Å². The predicted molar refractivity (Wildman–Crippen MR) is 84.3 cm³/mol. The van der Waals surface area contributed by atoms with Crippen LogP contribution in [0.4, 0.5) is 11.5 Å². The minimum absolute atomic E-state index is 0.246. The maximum absolute atomic E-state index is 6.10. The molecule has 20 heavy (non-hydrogen) atoms. The standard InChI is InChI=1S/C15H28N4O/c1-5-7-8-9-17-14-12(16)15(20-10-6-2)19-13(18-14)11(3)4/h11H,5-10,16H2,1-4H3,(H,17,18,19). The summed E-state index contributed by atoms with van der Waals surface area (Å²) in [6.45, 7) is 9.87. The molecule has 1 heterocycles. The zero-order chi connectivity index (χ0) is 15.0. The molecule has 0 saturated carbocycles. The van der Waals surface area contributed by atoms with Gasteiger partial charge in [0.1, 0.15) is 11.5 Å². The molecule has 114 valence electrons. The summed E-state index contributed by atoms with van der Waals surface area (Å²) in [5.74, 6) is 2.22. The number of nitrogen functional groups attached to an aromatic ring is 1. The van der Waals surface area contributed by atoms with Gasteiger partial charge in [-0.15, -0.1) is 0 Å². The molecule has 1 aromatic rings. The molecule has 5 heteroatoms. The van der Waals surface area contributed by atoms with Crippen LogP contribution in [0.5, 0.6) is 5.88 Å². The van der Waals surface area contributed by atoms with E-state index in [1.54, 1.807) is 0 Å². The number of ether oxygens (including phenoxy) is 1. The van der Waals surface area contributed by atoms with Crippen LogP contribution >= 0.6 is 0 Å². The molecular formula is C15H28N4O. The van der Waals surface area contributed by atoms with Crippen molar-refractivity contribution in [2.45, 2.75) is 59.3 Å². The van der Waals surface area contributed by atoms with Crippen LogP contribution in [0.1, 0.15) is 65.1 Å². The second-order valence-electron chi connectivity index (χ2n) is 5.29. The Kier molecular flexibility index (Phi) is 7.12. The van der Waals surface area contributed by atoms with Crippen molar-refractivity contribution in [3.8, 4) is 5.88 Å². The fourth-order valence-corrected chi connectivity index (χ4v) is 1.75. The van der Waals surface area contributed by atoms with Crippen LogP contribution in [0.3, 0.4) is 0 Å². The van der Waals surface area contributed by atoms with Crippen molar-refractivity contribution < 1.29 is 4.74 Å². The third-order valence-electron chi connectivity index (χ3n) is 2.96. The van der Waals surface area contributed by atoms with E-state index in [1.165, 1.54) is 12.8 Å². The zero-order valence-corrected chi connectivity index (χ0v) is 13.2. The molecular weight excluding hydrogens is 252 g/mol. The fraction of sp³-hybridized carbons (Fsp3) is 0.733. The van der Waals surface area contributed by atoms with Gasteiger partial charge < -0.3 is 15.8 Å². The van der Waals surface area contributed by atoms with Gasteiger partial charge in [-0.05, 0) is 12.8 Å². The number of aromatic nitrogens is 2. The van der Waals surface area contributed by atoms with Crippen molar-refractivity contribution in [1.29, 1.82) is 0 Å². The van der Waals surface area contributed by atoms with Crippen molar-refractivity contribution in [2.24, 2.45) is 0 Å². The van der Waals surface area contributed by atoms with E-state index in [0.29, 0.717) is 24.0 Å². The fourth-order valence-electron chi connectivity index (χ4n) is 1.75. The maximum atomic E-state index is 6.10. The van der Waals surface area contributed by atoms with Gasteiger partial charge in [-0.2, -0.15) is 4.98 Å². The first-order valence-electron chi connectivity index (χ1n) is 7.64. The average Bonchev–Trinajstić information content (AvgIpc) is 2.43. The SMILES string of the molecule is CCCCCNc1nc(C(C)C)nc(OCCC)c1N. The summed E-state index contributed by atoms with van der Waals surface area (Å²) in [4.78, 5) is 8.93. The lowest BCUT2D eigenvalue weighted by molar-refractivity contribution is 0.305. The van der Waals surface area contributed by atoms with Gasteiger partial charge in [0.15, 0.2) is 5.82 Å². The minimum atomic E-state index is 0.246. The molecule has 5 nitrogen and oxygen atoms in total. The summed E-state index contributed by atoms with van der Waals surface area (Å²) in [6.07, 6.45) is 4.44. The monoisotopic (exact) mass is 280 g/mol. The predicted octanol–water partition coefficient (Wildman–Crippen LogP) is 3.57. The highest BCUT2D eigenvalue weighted by atomic mass is 16.5. The number of hydrogen-bond acceptors (Lipinski definition) is 5. The molecule has 1 aromatic heterocycles. The number of hydrogen-bond donors (Lipinski definition) is 2. The van der Waals surface area contributed by atoms with E-state index in [9.17, 15) is 0 Å². The van der Waals surface area contributed by atoms with Gasteiger partial charge in [0.25, 0.3) is 0 Å². The first kappa shape index (κ1) is 16.5. The van der Waals surface area contributed by atoms with E-state index in [0.717, 1.165) is 25.2 Å². The van der Waals surface area contributed by atoms with Gasteiger partial charge in [-0.1, -0.05) is 40.5 Å². The minimum Gasteiger partial charge on any atom is -0.476 e. The summed E-state index contributed by atoms with van der Waals surface area (Å²) in [7, 11) is 0. The Hall–Kier alpha value is -1.52. The smallest absolute Gasteiger partial charge is 0.242 e. The van der Waals surface area contributed by atoms with Crippen molar-refractivity contribution in [3.63, 3.8) is 0 Å². The molecule has 0 bridgehead atoms. The number of nitrogens with one attached hydrogen (secondary N) is 1. The van der Waals surface area contributed by atoms with Crippen LogP contribution in [-0.2, 0) is 0 Å². The molecule has 1 rings (SSSR count). The molecule has 0 atom stereocenters. The molecule has 0 unspecified atom stereocenters. The van der Waals surface area contributed by atoms with E-state index < -0.39 is 0 Å². The van der Waals surface area contributed by atoms with Crippen molar-refractivity contribution in [2.75, 3.05) is 24.2 Å². The van der Waals surface area contributed by atoms with E-state index in [4.69, 9.17) is 10.5 Å². The average molecular weight is 280 g/mol. The molecule has 0 aromatic carbocycles. The normalized spacial score (nSPS) is 10.8. The highest BCUT2D eigenvalue weighted by molar-refractivity contribution is 5.67. The molecule has 0 saturated heterocycles. The van der Waals surface area contributed by atoms with Gasteiger partial charge in [-0.25, -0.2) is 4.98 Å². The molecule has 0 spiro atoms. The topological polar surface area (TPSA) is 73.1 Å². The molecule has 0 amide bonds. The van der Waals surface area contributed by atoms with E-state index in [2.05, 4.69) is 43.0 Å². The van der Waals surface area contributed by atoms with Crippen LogP contribution in [0.2, 0.25) is 0 Å². The lowest BCUT2D eigenvalue weighted by atomic mass is 10.2. The molecule has 0 fully saturated rings.